The quantitative estimate of drug-likeness (QED) is 0.769. The van der Waals surface area contributed by atoms with Crippen LogP contribution >= 0.6 is 11.8 Å². The lowest BCUT2D eigenvalue weighted by atomic mass is 10.3. The van der Waals surface area contributed by atoms with E-state index in [0.29, 0.717) is 6.54 Å². The van der Waals surface area contributed by atoms with E-state index in [-0.39, 0.29) is 5.25 Å². The van der Waals surface area contributed by atoms with Gasteiger partial charge in [-0.1, -0.05) is 11.8 Å². The number of nitrogens with one attached hydrogen (secondary N) is 1. The molecule has 1 atom stereocenters. The third-order valence-corrected chi connectivity index (χ3v) is 3.07. The van der Waals surface area contributed by atoms with E-state index < -0.39 is 0 Å². The molecule has 2 rings (SSSR count). The lowest BCUT2D eigenvalue weighted by molar-refractivity contribution is 0.481. The van der Waals surface area contributed by atoms with Gasteiger partial charge in [-0.3, -0.25) is 5.10 Å². The molecule has 0 aliphatic rings. The summed E-state index contributed by atoms with van der Waals surface area (Å²) in [5.41, 5.74) is 5.69. The standard InChI is InChI=1S/C9H12N4OS/c1-6-2-3-7(14-6)8(4-10)15-9-11-5-12-13-9/h2-3,5,8H,4,10H2,1H3,(H,11,12,13). The minimum atomic E-state index is 0.0756. The number of hydrogen-bond donors (Lipinski definition) is 2. The second-order valence-corrected chi connectivity index (χ2v) is 4.27. The highest BCUT2D eigenvalue weighted by Gasteiger charge is 2.16. The van der Waals surface area contributed by atoms with Crippen molar-refractivity contribution in [2.45, 2.75) is 17.3 Å². The van der Waals surface area contributed by atoms with Crippen molar-refractivity contribution in [1.29, 1.82) is 0 Å². The molecule has 1 unspecified atom stereocenters. The van der Waals surface area contributed by atoms with Crippen LogP contribution in [0.3, 0.4) is 0 Å². The average Bonchev–Trinajstić information content (AvgIpc) is 2.85. The van der Waals surface area contributed by atoms with Crippen molar-refractivity contribution in [3.8, 4) is 0 Å². The van der Waals surface area contributed by atoms with Crippen LogP contribution in [0.25, 0.3) is 0 Å². The molecule has 0 saturated carbocycles. The molecule has 6 heteroatoms. The van der Waals surface area contributed by atoms with Gasteiger partial charge in [0, 0.05) is 6.54 Å². The SMILES string of the molecule is Cc1ccc(C(CN)Sc2ncn[nH]2)o1. The zero-order valence-corrected chi connectivity index (χ0v) is 9.12. The molecule has 2 aromatic rings. The molecule has 5 nitrogen and oxygen atoms in total. The number of aromatic nitrogens is 3. The summed E-state index contributed by atoms with van der Waals surface area (Å²) in [6.45, 7) is 2.41. The highest BCUT2D eigenvalue weighted by Crippen LogP contribution is 2.32. The molecule has 2 aromatic heterocycles. The van der Waals surface area contributed by atoms with Gasteiger partial charge in [0.1, 0.15) is 17.8 Å². The summed E-state index contributed by atoms with van der Waals surface area (Å²) in [5.74, 6) is 1.76. The summed E-state index contributed by atoms with van der Waals surface area (Å²) in [7, 11) is 0. The smallest absolute Gasteiger partial charge is 0.184 e. The van der Waals surface area contributed by atoms with Gasteiger partial charge in [0.2, 0.25) is 0 Å². The van der Waals surface area contributed by atoms with Crippen molar-refractivity contribution in [3.63, 3.8) is 0 Å². The maximum Gasteiger partial charge on any atom is 0.184 e. The Hall–Kier alpha value is -1.27. The first-order valence-corrected chi connectivity index (χ1v) is 5.46. The van der Waals surface area contributed by atoms with Crippen LogP contribution in [0.1, 0.15) is 16.8 Å². The number of hydrogen-bond acceptors (Lipinski definition) is 5. The molecule has 15 heavy (non-hydrogen) atoms. The van der Waals surface area contributed by atoms with Crippen LogP contribution < -0.4 is 5.73 Å². The minimum Gasteiger partial charge on any atom is -0.465 e. The van der Waals surface area contributed by atoms with Crippen molar-refractivity contribution in [3.05, 3.63) is 30.0 Å². The fourth-order valence-corrected chi connectivity index (χ4v) is 2.06. The number of thioether (sulfide) groups is 1. The van der Waals surface area contributed by atoms with E-state index in [1.807, 2.05) is 19.1 Å². The largest absolute Gasteiger partial charge is 0.465 e. The van der Waals surface area contributed by atoms with Gasteiger partial charge in [-0.25, -0.2) is 4.98 Å². The van der Waals surface area contributed by atoms with E-state index in [4.69, 9.17) is 10.2 Å². The van der Waals surface area contributed by atoms with Gasteiger partial charge in [0.05, 0.1) is 5.25 Å². The van der Waals surface area contributed by atoms with Crippen LogP contribution in [0.4, 0.5) is 0 Å². The summed E-state index contributed by atoms with van der Waals surface area (Å²) in [4.78, 5) is 4.04. The molecule has 3 N–H and O–H groups in total. The third kappa shape index (κ3) is 2.40. The molecule has 0 aliphatic heterocycles. The van der Waals surface area contributed by atoms with E-state index in [1.165, 1.54) is 18.1 Å². The molecule has 0 aromatic carbocycles. The second-order valence-electron chi connectivity index (χ2n) is 3.08. The van der Waals surface area contributed by atoms with Crippen LogP contribution in [-0.2, 0) is 0 Å². The molecule has 0 spiro atoms. The molecular formula is C9H12N4OS. The number of furan rings is 1. The van der Waals surface area contributed by atoms with E-state index in [9.17, 15) is 0 Å². The Morgan fingerprint density at radius 1 is 1.60 bits per heavy atom. The number of nitrogens with two attached hydrogens (primary N) is 1. The Kier molecular flexibility index (Phi) is 3.08. The van der Waals surface area contributed by atoms with Gasteiger partial charge in [0.25, 0.3) is 0 Å². The highest BCUT2D eigenvalue weighted by atomic mass is 32.2. The van der Waals surface area contributed by atoms with Crippen molar-refractivity contribution in [2.75, 3.05) is 6.54 Å². The fourth-order valence-electron chi connectivity index (χ4n) is 1.23. The molecule has 0 radical (unpaired) electrons. The Labute approximate surface area is 91.5 Å². The van der Waals surface area contributed by atoms with Crippen molar-refractivity contribution >= 4 is 11.8 Å². The molecule has 0 bridgehead atoms. The number of H-pyrrole nitrogens is 1. The summed E-state index contributed by atoms with van der Waals surface area (Å²) >= 11 is 1.51. The molecule has 0 aliphatic carbocycles. The molecular weight excluding hydrogens is 212 g/mol. The lowest BCUT2D eigenvalue weighted by Crippen LogP contribution is -2.08. The first-order valence-electron chi connectivity index (χ1n) is 4.58. The summed E-state index contributed by atoms with van der Waals surface area (Å²) in [6, 6.07) is 3.87. The monoisotopic (exact) mass is 224 g/mol. The first kappa shape index (κ1) is 10.3. The topological polar surface area (TPSA) is 80.7 Å². The molecule has 80 valence electrons. The van der Waals surface area contributed by atoms with E-state index in [0.717, 1.165) is 16.7 Å². The molecule has 0 fully saturated rings. The zero-order chi connectivity index (χ0) is 10.7. The molecule has 2 heterocycles. The predicted octanol–water partition coefficient (Wildman–Crippen LogP) is 1.50. The van der Waals surface area contributed by atoms with Gasteiger partial charge in [-0.05, 0) is 19.1 Å². The average molecular weight is 224 g/mol. The zero-order valence-electron chi connectivity index (χ0n) is 8.30. The number of aromatic amines is 1. The van der Waals surface area contributed by atoms with Crippen LogP contribution in [0.15, 0.2) is 28.0 Å². The number of rotatable bonds is 4. The van der Waals surface area contributed by atoms with Gasteiger partial charge in [-0.15, -0.1) is 0 Å². The first-order chi connectivity index (χ1) is 7.29. The Morgan fingerprint density at radius 2 is 2.47 bits per heavy atom. The highest BCUT2D eigenvalue weighted by molar-refractivity contribution is 7.99. The maximum absolute atomic E-state index is 5.69. The second kappa shape index (κ2) is 4.50. The predicted molar refractivity (Wildman–Crippen MR) is 57.5 cm³/mol. The van der Waals surface area contributed by atoms with Crippen molar-refractivity contribution in [1.82, 2.24) is 15.2 Å². The number of nitrogens with zero attached hydrogens (tertiary/aromatic N) is 2. The number of aryl methyl sites for hydroxylation is 1. The third-order valence-electron chi connectivity index (χ3n) is 1.94. The Balaban J connectivity index is 2.11. The van der Waals surface area contributed by atoms with Crippen molar-refractivity contribution < 1.29 is 4.42 Å². The minimum absolute atomic E-state index is 0.0756. The van der Waals surface area contributed by atoms with E-state index in [2.05, 4.69) is 15.2 Å². The fraction of sp³-hybridized carbons (Fsp3) is 0.333. The Bertz CT molecular complexity index is 411. The lowest BCUT2D eigenvalue weighted by Gasteiger charge is -2.08. The van der Waals surface area contributed by atoms with Crippen LogP contribution in [0.2, 0.25) is 0 Å². The molecule has 0 amide bonds. The summed E-state index contributed by atoms with van der Waals surface area (Å²) in [6.07, 6.45) is 1.48. The molecule has 0 saturated heterocycles. The normalized spacial score (nSPS) is 12.9. The van der Waals surface area contributed by atoms with Gasteiger partial charge >= 0.3 is 0 Å². The van der Waals surface area contributed by atoms with Crippen LogP contribution in [0.5, 0.6) is 0 Å². The van der Waals surface area contributed by atoms with Crippen LogP contribution in [0, 0.1) is 6.92 Å². The van der Waals surface area contributed by atoms with Crippen molar-refractivity contribution in [2.24, 2.45) is 5.73 Å². The summed E-state index contributed by atoms with van der Waals surface area (Å²) in [5, 5.41) is 7.39. The van der Waals surface area contributed by atoms with Gasteiger partial charge in [0.15, 0.2) is 5.16 Å². The maximum atomic E-state index is 5.69. The van der Waals surface area contributed by atoms with E-state index >= 15 is 0 Å². The van der Waals surface area contributed by atoms with Gasteiger partial charge in [-0.2, -0.15) is 5.10 Å². The summed E-state index contributed by atoms with van der Waals surface area (Å²) < 4.78 is 5.52. The van der Waals surface area contributed by atoms with Crippen LogP contribution in [-0.4, -0.2) is 21.7 Å². The van der Waals surface area contributed by atoms with Gasteiger partial charge < -0.3 is 10.2 Å². The Morgan fingerprint density at radius 3 is 3.00 bits per heavy atom. The van der Waals surface area contributed by atoms with E-state index in [1.54, 1.807) is 0 Å².